The second-order valence-corrected chi connectivity index (χ2v) is 8.25. The van der Waals surface area contributed by atoms with Crippen LogP contribution in [0.4, 0.5) is 24.5 Å². The first kappa shape index (κ1) is 24.5. The van der Waals surface area contributed by atoms with Crippen LogP contribution in [0.2, 0.25) is 0 Å². The molecule has 0 radical (unpaired) electrons. The van der Waals surface area contributed by atoms with Gasteiger partial charge < -0.3 is 15.0 Å². The van der Waals surface area contributed by atoms with Crippen molar-refractivity contribution in [1.82, 2.24) is 14.9 Å². The fourth-order valence-electron chi connectivity index (χ4n) is 4.05. The molecule has 0 amide bonds. The van der Waals surface area contributed by atoms with Gasteiger partial charge in [-0.05, 0) is 61.5 Å². The van der Waals surface area contributed by atoms with Gasteiger partial charge in [0.2, 0.25) is 5.88 Å². The van der Waals surface area contributed by atoms with Crippen LogP contribution in [0.5, 0.6) is 11.6 Å². The molecule has 35 heavy (non-hydrogen) atoms. The molecular formula is C26H28F3N5O. The number of hydrogen-bond acceptors (Lipinski definition) is 6. The van der Waals surface area contributed by atoms with Crippen LogP contribution in [0.15, 0.2) is 67.3 Å². The molecule has 0 saturated carbocycles. The van der Waals surface area contributed by atoms with Crippen LogP contribution in [0.3, 0.4) is 0 Å². The maximum atomic E-state index is 13.0. The van der Waals surface area contributed by atoms with E-state index in [-0.39, 0.29) is 0 Å². The number of anilines is 2. The first-order chi connectivity index (χ1) is 16.8. The highest BCUT2D eigenvalue weighted by Gasteiger charge is 2.30. The van der Waals surface area contributed by atoms with Crippen LogP contribution in [0.1, 0.15) is 30.7 Å². The van der Waals surface area contributed by atoms with Gasteiger partial charge in [-0.1, -0.05) is 26.5 Å². The van der Waals surface area contributed by atoms with Gasteiger partial charge in [0.05, 0.1) is 11.3 Å². The third kappa shape index (κ3) is 5.92. The molecule has 0 spiro atoms. The van der Waals surface area contributed by atoms with E-state index in [1.165, 1.54) is 12.4 Å². The number of aromatic nitrogens is 2. The normalized spacial score (nSPS) is 13.1. The minimum atomic E-state index is -4.40. The number of fused-ring (bicyclic) bond motifs is 1. The summed E-state index contributed by atoms with van der Waals surface area (Å²) >= 11 is 0. The molecule has 2 aromatic carbocycles. The average molecular weight is 484 g/mol. The van der Waals surface area contributed by atoms with Crippen LogP contribution >= 0.6 is 0 Å². The number of benzene rings is 2. The quantitative estimate of drug-likeness (QED) is 0.398. The Kier molecular flexibility index (Phi) is 7.25. The van der Waals surface area contributed by atoms with E-state index in [2.05, 4.69) is 40.6 Å². The maximum absolute atomic E-state index is 13.0. The van der Waals surface area contributed by atoms with E-state index in [1.54, 1.807) is 6.07 Å². The molecule has 1 aliphatic rings. The van der Waals surface area contributed by atoms with Gasteiger partial charge in [0, 0.05) is 30.5 Å². The molecule has 6 nitrogen and oxygen atoms in total. The van der Waals surface area contributed by atoms with E-state index < -0.39 is 11.7 Å². The number of nitrogens with one attached hydrogen (secondary N) is 1. The lowest BCUT2D eigenvalue weighted by atomic mass is 10.1. The number of alkyl halides is 3. The Hall–Kier alpha value is -3.59. The summed E-state index contributed by atoms with van der Waals surface area (Å²) in [6, 6.07) is 12.7. The summed E-state index contributed by atoms with van der Waals surface area (Å²) in [4.78, 5) is 12.8. The molecule has 0 unspecified atom stereocenters. The standard InChI is InChI=1S/C26H28F3N5O/c1-4-33(5-2)16-22-15-25(31-17-30-22)35-23-9-10-24-19(13-23)11-12-34(24)18(3)32-21-8-6-7-20(14-21)26(27,28)29/h6-10,13-15,17,32H,3-5,11-12,16H2,1-2H3. The van der Waals surface area contributed by atoms with E-state index in [9.17, 15) is 13.2 Å². The summed E-state index contributed by atoms with van der Waals surface area (Å²) in [6.07, 6.45) is -2.13. The first-order valence-corrected chi connectivity index (χ1v) is 11.5. The minimum Gasteiger partial charge on any atom is -0.439 e. The van der Waals surface area contributed by atoms with Gasteiger partial charge in [0.25, 0.3) is 0 Å². The summed E-state index contributed by atoms with van der Waals surface area (Å²) in [5.74, 6) is 1.65. The summed E-state index contributed by atoms with van der Waals surface area (Å²) < 4.78 is 45.1. The van der Waals surface area contributed by atoms with E-state index in [0.717, 1.165) is 55.1 Å². The molecule has 9 heteroatoms. The maximum Gasteiger partial charge on any atom is 0.416 e. The van der Waals surface area contributed by atoms with Crippen molar-refractivity contribution in [3.05, 3.63) is 84.1 Å². The minimum absolute atomic E-state index is 0.336. The van der Waals surface area contributed by atoms with Crippen LogP contribution in [-0.2, 0) is 19.1 Å². The molecule has 1 aromatic heterocycles. The van der Waals surface area contributed by atoms with E-state index in [4.69, 9.17) is 4.74 Å². The molecule has 2 heterocycles. The molecule has 1 N–H and O–H groups in total. The van der Waals surface area contributed by atoms with Crippen molar-refractivity contribution in [3.63, 3.8) is 0 Å². The lowest BCUT2D eigenvalue weighted by Crippen LogP contribution is -2.24. The smallest absolute Gasteiger partial charge is 0.416 e. The number of rotatable bonds is 9. The third-order valence-corrected chi connectivity index (χ3v) is 5.95. The fourth-order valence-corrected chi connectivity index (χ4v) is 4.05. The predicted octanol–water partition coefficient (Wildman–Crippen LogP) is 6.08. The van der Waals surface area contributed by atoms with Crippen LogP contribution in [0, 0.1) is 0 Å². The van der Waals surface area contributed by atoms with Crippen molar-refractivity contribution in [2.45, 2.75) is 33.0 Å². The zero-order valence-corrected chi connectivity index (χ0v) is 19.8. The van der Waals surface area contributed by atoms with Crippen molar-refractivity contribution in [3.8, 4) is 11.6 Å². The summed E-state index contributed by atoms with van der Waals surface area (Å²) in [6.45, 7) is 11.5. The van der Waals surface area contributed by atoms with E-state index >= 15 is 0 Å². The second-order valence-electron chi connectivity index (χ2n) is 8.25. The lowest BCUT2D eigenvalue weighted by molar-refractivity contribution is -0.137. The van der Waals surface area contributed by atoms with Crippen molar-refractivity contribution >= 4 is 11.4 Å². The summed E-state index contributed by atoms with van der Waals surface area (Å²) in [5.41, 5.74) is 2.52. The van der Waals surface area contributed by atoms with Gasteiger partial charge in [0.1, 0.15) is 17.9 Å². The Labute approximate surface area is 203 Å². The highest BCUT2D eigenvalue weighted by Crippen LogP contribution is 2.35. The molecule has 0 atom stereocenters. The molecule has 0 aliphatic carbocycles. The number of ether oxygens (including phenoxy) is 1. The predicted molar refractivity (Wildman–Crippen MR) is 130 cm³/mol. The Bertz CT molecular complexity index is 1190. The average Bonchev–Trinajstić information content (AvgIpc) is 3.26. The van der Waals surface area contributed by atoms with Crippen LogP contribution in [-0.4, -0.2) is 34.5 Å². The highest BCUT2D eigenvalue weighted by molar-refractivity contribution is 5.66. The lowest BCUT2D eigenvalue weighted by Gasteiger charge is -2.23. The largest absolute Gasteiger partial charge is 0.439 e. The van der Waals surface area contributed by atoms with E-state index in [1.807, 2.05) is 29.2 Å². The summed E-state index contributed by atoms with van der Waals surface area (Å²) in [7, 11) is 0. The van der Waals surface area contributed by atoms with Crippen molar-refractivity contribution in [2.24, 2.45) is 0 Å². The van der Waals surface area contributed by atoms with Crippen molar-refractivity contribution < 1.29 is 17.9 Å². The molecular weight excluding hydrogens is 455 g/mol. The molecule has 3 aromatic rings. The molecule has 0 saturated heterocycles. The van der Waals surface area contributed by atoms with Crippen molar-refractivity contribution in [2.75, 3.05) is 29.9 Å². The fraction of sp³-hybridized carbons (Fsp3) is 0.308. The van der Waals surface area contributed by atoms with Gasteiger partial charge >= 0.3 is 6.18 Å². The highest BCUT2D eigenvalue weighted by atomic mass is 19.4. The molecule has 0 fully saturated rings. The van der Waals surface area contributed by atoms with Gasteiger partial charge in [0.15, 0.2) is 0 Å². The van der Waals surface area contributed by atoms with Crippen LogP contribution < -0.4 is 15.0 Å². The zero-order valence-electron chi connectivity index (χ0n) is 19.8. The second kappa shape index (κ2) is 10.4. The molecule has 1 aliphatic heterocycles. The topological polar surface area (TPSA) is 53.5 Å². The zero-order chi connectivity index (χ0) is 25.0. The van der Waals surface area contributed by atoms with Gasteiger partial charge in [-0.15, -0.1) is 0 Å². The number of hydrogen-bond donors (Lipinski definition) is 1. The molecule has 184 valence electrons. The van der Waals surface area contributed by atoms with E-state index in [0.29, 0.717) is 29.7 Å². The SMILES string of the molecule is C=C(Nc1cccc(C(F)(F)F)c1)N1CCc2cc(Oc3cc(CN(CC)CC)ncn3)ccc21. The monoisotopic (exact) mass is 483 g/mol. The Morgan fingerprint density at radius 3 is 2.66 bits per heavy atom. The number of nitrogens with zero attached hydrogens (tertiary/aromatic N) is 4. The molecule has 4 rings (SSSR count). The third-order valence-electron chi connectivity index (χ3n) is 5.95. The number of halogens is 3. The van der Waals surface area contributed by atoms with Crippen LogP contribution in [0.25, 0.3) is 0 Å². The molecule has 0 bridgehead atoms. The van der Waals surface area contributed by atoms with Gasteiger partial charge in [-0.2, -0.15) is 13.2 Å². The Morgan fingerprint density at radius 1 is 1.11 bits per heavy atom. The van der Waals surface area contributed by atoms with Crippen molar-refractivity contribution in [1.29, 1.82) is 0 Å². The Balaban J connectivity index is 1.44. The van der Waals surface area contributed by atoms with Gasteiger partial charge in [-0.25, -0.2) is 9.97 Å². The first-order valence-electron chi connectivity index (χ1n) is 11.5. The van der Waals surface area contributed by atoms with Gasteiger partial charge in [-0.3, -0.25) is 4.90 Å². The Morgan fingerprint density at radius 2 is 1.91 bits per heavy atom. The summed E-state index contributed by atoms with van der Waals surface area (Å²) in [5, 5.41) is 3.00.